The van der Waals surface area contributed by atoms with Gasteiger partial charge in [0.1, 0.15) is 6.10 Å². The molecule has 0 spiro atoms. The number of aryl methyl sites for hydroxylation is 1. The molecule has 102 valence electrons. The van der Waals surface area contributed by atoms with Gasteiger partial charge in [-0.1, -0.05) is 12.5 Å². The molecule has 0 saturated heterocycles. The Kier molecular flexibility index (Phi) is 4.20. The van der Waals surface area contributed by atoms with Crippen LogP contribution in [0, 0.1) is 6.92 Å². The zero-order chi connectivity index (χ0) is 13.8. The van der Waals surface area contributed by atoms with Gasteiger partial charge in [-0.3, -0.25) is 0 Å². The lowest BCUT2D eigenvalue weighted by Gasteiger charge is -2.21. The third-order valence-electron chi connectivity index (χ3n) is 3.53. The number of aromatic carboxylic acids is 1. The molecule has 0 aliphatic heterocycles. The van der Waals surface area contributed by atoms with Crippen molar-refractivity contribution in [2.45, 2.75) is 45.1 Å². The van der Waals surface area contributed by atoms with Gasteiger partial charge in [-0.15, -0.1) is 0 Å². The van der Waals surface area contributed by atoms with Crippen LogP contribution >= 0.6 is 0 Å². The van der Waals surface area contributed by atoms with Gasteiger partial charge in [-0.05, 0) is 50.3 Å². The lowest BCUT2D eigenvalue weighted by molar-refractivity contribution is 0.0211. The largest absolute Gasteiger partial charge is 0.478 e. The van der Waals surface area contributed by atoms with E-state index in [9.17, 15) is 9.59 Å². The van der Waals surface area contributed by atoms with Gasteiger partial charge >= 0.3 is 11.9 Å². The SMILES string of the molecule is Cc1ccc(C(=O)OC2CCCCC2)cc1C(=O)O. The highest BCUT2D eigenvalue weighted by atomic mass is 16.5. The summed E-state index contributed by atoms with van der Waals surface area (Å²) in [5.41, 5.74) is 1.10. The van der Waals surface area contributed by atoms with Crippen molar-refractivity contribution in [2.75, 3.05) is 0 Å². The van der Waals surface area contributed by atoms with Crippen molar-refractivity contribution >= 4 is 11.9 Å². The van der Waals surface area contributed by atoms with Crippen molar-refractivity contribution in [1.29, 1.82) is 0 Å². The summed E-state index contributed by atoms with van der Waals surface area (Å²) in [7, 11) is 0. The number of carboxylic acid groups (broad SMARTS) is 1. The summed E-state index contributed by atoms with van der Waals surface area (Å²) in [5, 5.41) is 9.04. The van der Waals surface area contributed by atoms with E-state index in [0.29, 0.717) is 11.1 Å². The second kappa shape index (κ2) is 5.87. The Bertz CT molecular complexity index is 487. The predicted molar refractivity (Wildman–Crippen MR) is 70.4 cm³/mol. The summed E-state index contributed by atoms with van der Waals surface area (Å²) in [5.74, 6) is -1.45. The molecule has 0 radical (unpaired) electrons. The highest BCUT2D eigenvalue weighted by molar-refractivity contribution is 5.95. The zero-order valence-electron chi connectivity index (χ0n) is 11.0. The molecule has 1 aromatic carbocycles. The molecular formula is C15H18O4. The molecule has 4 heteroatoms. The molecule has 0 unspecified atom stereocenters. The van der Waals surface area contributed by atoms with Gasteiger partial charge in [0, 0.05) is 0 Å². The van der Waals surface area contributed by atoms with Gasteiger partial charge in [-0.2, -0.15) is 0 Å². The first kappa shape index (κ1) is 13.6. The van der Waals surface area contributed by atoms with E-state index in [1.165, 1.54) is 12.5 Å². The standard InChI is InChI=1S/C15H18O4/c1-10-7-8-11(9-13(10)14(16)17)15(18)19-12-5-3-2-4-6-12/h7-9,12H,2-6H2,1H3,(H,16,17). The van der Waals surface area contributed by atoms with Gasteiger partial charge in [0.25, 0.3) is 0 Å². The van der Waals surface area contributed by atoms with E-state index < -0.39 is 11.9 Å². The van der Waals surface area contributed by atoms with Gasteiger partial charge in [0.2, 0.25) is 0 Å². The van der Waals surface area contributed by atoms with Crippen LogP contribution in [0.15, 0.2) is 18.2 Å². The van der Waals surface area contributed by atoms with Crippen LogP contribution in [0.1, 0.15) is 58.4 Å². The van der Waals surface area contributed by atoms with E-state index in [0.717, 1.165) is 25.7 Å². The number of hydrogen-bond acceptors (Lipinski definition) is 3. The molecule has 1 saturated carbocycles. The quantitative estimate of drug-likeness (QED) is 0.850. The zero-order valence-corrected chi connectivity index (χ0v) is 11.0. The minimum Gasteiger partial charge on any atom is -0.478 e. The molecular weight excluding hydrogens is 244 g/mol. The second-order valence-electron chi connectivity index (χ2n) is 5.00. The summed E-state index contributed by atoms with van der Waals surface area (Å²) >= 11 is 0. The minimum absolute atomic E-state index is 0.0177. The fourth-order valence-electron chi connectivity index (χ4n) is 2.38. The van der Waals surface area contributed by atoms with Crippen molar-refractivity contribution in [3.8, 4) is 0 Å². The molecule has 19 heavy (non-hydrogen) atoms. The van der Waals surface area contributed by atoms with Crippen LogP contribution in [0.3, 0.4) is 0 Å². The third kappa shape index (κ3) is 3.34. The van der Waals surface area contributed by atoms with Crippen molar-refractivity contribution in [3.05, 3.63) is 34.9 Å². The van der Waals surface area contributed by atoms with Gasteiger partial charge in [0.05, 0.1) is 11.1 Å². The summed E-state index contributed by atoms with van der Waals surface area (Å²) in [6.07, 6.45) is 5.17. The first-order valence-electron chi connectivity index (χ1n) is 6.63. The number of esters is 1. The molecule has 1 aromatic rings. The van der Waals surface area contributed by atoms with Crippen LogP contribution in [0.4, 0.5) is 0 Å². The van der Waals surface area contributed by atoms with Crippen LogP contribution < -0.4 is 0 Å². The first-order valence-corrected chi connectivity index (χ1v) is 6.63. The fourth-order valence-corrected chi connectivity index (χ4v) is 2.38. The monoisotopic (exact) mass is 262 g/mol. The fraction of sp³-hybridized carbons (Fsp3) is 0.467. The van der Waals surface area contributed by atoms with Gasteiger partial charge in [-0.25, -0.2) is 9.59 Å². The Morgan fingerprint density at radius 3 is 2.53 bits per heavy atom. The number of carboxylic acids is 1. The molecule has 2 rings (SSSR count). The second-order valence-corrected chi connectivity index (χ2v) is 5.00. The summed E-state index contributed by atoms with van der Waals surface area (Å²) in [4.78, 5) is 23.0. The van der Waals surface area contributed by atoms with Gasteiger partial charge in [0.15, 0.2) is 0 Å². The summed E-state index contributed by atoms with van der Waals surface area (Å²) in [6, 6.07) is 4.65. The predicted octanol–water partition coefficient (Wildman–Crippen LogP) is 3.18. The number of hydrogen-bond donors (Lipinski definition) is 1. The van der Waals surface area contributed by atoms with Crippen molar-refractivity contribution in [2.24, 2.45) is 0 Å². The van der Waals surface area contributed by atoms with Crippen LogP contribution in [0.25, 0.3) is 0 Å². The van der Waals surface area contributed by atoms with Crippen molar-refractivity contribution in [1.82, 2.24) is 0 Å². The first-order chi connectivity index (χ1) is 9.08. The molecule has 1 fully saturated rings. The lowest BCUT2D eigenvalue weighted by atomic mass is 9.97. The highest BCUT2D eigenvalue weighted by Crippen LogP contribution is 2.22. The topological polar surface area (TPSA) is 63.6 Å². The average Bonchev–Trinajstić information content (AvgIpc) is 2.40. The van der Waals surface area contributed by atoms with E-state index in [1.807, 2.05) is 0 Å². The Hall–Kier alpha value is -1.84. The maximum absolute atomic E-state index is 12.0. The molecule has 0 heterocycles. The molecule has 0 bridgehead atoms. The summed E-state index contributed by atoms with van der Waals surface area (Å²) < 4.78 is 5.42. The molecule has 1 aliphatic carbocycles. The number of ether oxygens (including phenoxy) is 1. The Morgan fingerprint density at radius 1 is 1.21 bits per heavy atom. The summed E-state index contributed by atoms with van der Waals surface area (Å²) in [6.45, 7) is 1.71. The maximum atomic E-state index is 12.0. The maximum Gasteiger partial charge on any atom is 0.338 e. The van der Waals surface area contributed by atoms with E-state index in [2.05, 4.69) is 0 Å². The van der Waals surface area contributed by atoms with E-state index in [4.69, 9.17) is 9.84 Å². The van der Waals surface area contributed by atoms with Crippen LogP contribution in [0.5, 0.6) is 0 Å². The van der Waals surface area contributed by atoms with E-state index in [1.54, 1.807) is 19.1 Å². The Labute approximate surface area is 112 Å². The average molecular weight is 262 g/mol. The molecule has 1 aliphatic rings. The van der Waals surface area contributed by atoms with Crippen molar-refractivity contribution < 1.29 is 19.4 Å². The molecule has 1 N–H and O–H groups in total. The minimum atomic E-state index is -1.02. The normalized spacial score (nSPS) is 16.1. The van der Waals surface area contributed by atoms with Gasteiger partial charge < -0.3 is 9.84 Å². The third-order valence-corrected chi connectivity index (χ3v) is 3.53. The number of carbonyl (C=O) groups excluding carboxylic acids is 1. The number of rotatable bonds is 3. The highest BCUT2D eigenvalue weighted by Gasteiger charge is 2.20. The Morgan fingerprint density at radius 2 is 1.89 bits per heavy atom. The molecule has 0 aromatic heterocycles. The van der Waals surface area contributed by atoms with Crippen LogP contribution in [0.2, 0.25) is 0 Å². The number of carbonyl (C=O) groups is 2. The van der Waals surface area contributed by atoms with E-state index >= 15 is 0 Å². The molecule has 0 amide bonds. The van der Waals surface area contributed by atoms with E-state index in [-0.39, 0.29) is 11.7 Å². The smallest absolute Gasteiger partial charge is 0.338 e. The molecule has 4 nitrogen and oxygen atoms in total. The number of benzene rings is 1. The lowest BCUT2D eigenvalue weighted by Crippen LogP contribution is -2.21. The molecule has 0 atom stereocenters. The van der Waals surface area contributed by atoms with Crippen LogP contribution in [-0.2, 0) is 4.74 Å². The van der Waals surface area contributed by atoms with Crippen molar-refractivity contribution in [3.63, 3.8) is 0 Å². The van der Waals surface area contributed by atoms with Crippen LogP contribution in [-0.4, -0.2) is 23.1 Å². The Balaban J connectivity index is 2.10.